The topological polar surface area (TPSA) is 79.4 Å². The molecule has 0 saturated carbocycles. The standard InChI is InChI=1S/C17H24N6S/c1-13-21-15(12-24-13)11-23-8-5-14(6-9-23)10-20-17(18)22-16-4-2-3-7-19-16/h2-4,7,12,14H,5-6,8-11H2,1H3,(H3,18,19,20,22). The van der Waals surface area contributed by atoms with Crippen molar-refractivity contribution in [3.05, 3.63) is 40.5 Å². The van der Waals surface area contributed by atoms with Crippen molar-refractivity contribution in [2.45, 2.75) is 26.3 Å². The summed E-state index contributed by atoms with van der Waals surface area (Å²) >= 11 is 1.72. The highest BCUT2D eigenvalue weighted by atomic mass is 32.1. The van der Waals surface area contributed by atoms with Crippen LogP contribution in [0.1, 0.15) is 23.5 Å². The predicted octanol–water partition coefficient (Wildman–Crippen LogP) is 2.49. The zero-order valence-electron chi connectivity index (χ0n) is 14.0. The van der Waals surface area contributed by atoms with E-state index in [2.05, 4.69) is 37.5 Å². The van der Waals surface area contributed by atoms with Crippen LogP contribution in [-0.2, 0) is 6.54 Å². The number of pyridine rings is 1. The van der Waals surface area contributed by atoms with Gasteiger partial charge in [0.1, 0.15) is 5.82 Å². The molecule has 1 aliphatic rings. The molecule has 7 heteroatoms. The van der Waals surface area contributed by atoms with Gasteiger partial charge >= 0.3 is 0 Å². The number of nitrogens with zero attached hydrogens (tertiary/aromatic N) is 4. The van der Waals surface area contributed by atoms with E-state index in [0.29, 0.717) is 11.9 Å². The first-order valence-electron chi connectivity index (χ1n) is 8.30. The van der Waals surface area contributed by atoms with Crippen molar-refractivity contribution < 1.29 is 0 Å². The number of anilines is 1. The van der Waals surface area contributed by atoms with Crippen molar-refractivity contribution >= 4 is 23.1 Å². The molecule has 3 heterocycles. The van der Waals surface area contributed by atoms with Crippen LogP contribution in [0.5, 0.6) is 0 Å². The van der Waals surface area contributed by atoms with Crippen LogP contribution >= 0.6 is 11.3 Å². The average molecular weight is 344 g/mol. The molecule has 0 radical (unpaired) electrons. The molecule has 0 amide bonds. The predicted molar refractivity (Wildman–Crippen MR) is 99.2 cm³/mol. The summed E-state index contributed by atoms with van der Waals surface area (Å²) in [7, 11) is 0. The van der Waals surface area contributed by atoms with Crippen molar-refractivity contribution in [2.75, 3.05) is 25.0 Å². The Hall–Kier alpha value is -1.99. The number of nitrogens with one attached hydrogen (secondary N) is 1. The summed E-state index contributed by atoms with van der Waals surface area (Å²) in [6.45, 7) is 6.00. The fraction of sp³-hybridized carbons (Fsp3) is 0.471. The SMILES string of the molecule is Cc1nc(CN2CCC(CN=C(N)Nc3ccccn3)CC2)cs1. The third-order valence-corrected chi connectivity index (χ3v) is 5.02. The highest BCUT2D eigenvalue weighted by molar-refractivity contribution is 7.09. The summed E-state index contributed by atoms with van der Waals surface area (Å²) in [5, 5.41) is 6.33. The first-order valence-corrected chi connectivity index (χ1v) is 9.18. The molecule has 1 aliphatic heterocycles. The molecule has 0 bridgehead atoms. The lowest BCUT2D eigenvalue weighted by Crippen LogP contribution is -2.34. The van der Waals surface area contributed by atoms with Crippen molar-refractivity contribution in [1.82, 2.24) is 14.9 Å². The second-order valence-electron chi connectivity index (χ2n) is 6.14. The lowest BCUT2D eigenvalue weighted by molar-refractivity contribution is 0.179. The minimum atomic E-state index is 0.439. The van der Waals surface area contributed by atoms with Crippen molar-refractivity contribution in [3.63, 3.8) is 0 Å². The highest BCUT2D eigenvalue weighted by Crippen LogP contribution is 2.20. The number of nitrogens with two attached hydrogens (primary N) is 1. The smallest absolute Gasteiger partial charge is 0.194 e. The largest absolute Gasteiger partial charge is 0.370 e. The molecule has 0 aromatic carbocycles. The summed E-state index contributed by atoms with van der Waals surface area (Å²) in [6.07, 6.45) is 4.04. The molecule has 128 valence electrons. The molecular formula is C17H24N6S. The van der Waals surface area contributed by atoms with Gasteiger partial charge in [-0.3, -0.25) is 9.89 Å². The second-order valence-corrected chi connectivity index (χ2v) is 7.21. The number of rotatable bonds is 5. The maximum Gasteiger partial charge on any atom is 0.194 e. The lowest BCUT2D eigenvalue weighted by Gasteiger charge is -2.30. The number of aryl methyl sites for hydroxylation is 1. The first kappa shape index (κ1) is 16.9. The summed E-state index contributed by atoms with van der Waals surface area (Å²) in [6, 6.07) is 5.67. The average Bonchev–Trinajstić information content (AvgIpc) is 3.00. The molecule has 0 unspecified atom stereocenters. The highest BCUT2D eigenvalue weighted by Gasteiger charge is 2.19. The number of hydrogen-bond acceptors (Lipinski definition) is 5. The van der Waals surface area contributed by atoms with Gasteiger partial charge in [-0.25, -0.2) is 9.97 Å². The Balaban J connectivity index is 1.41. The Kier molecular flexibility index (Phi) is 5.77. The third kappa shape index (κ3) is 5.01. The van der Waals surface area contributed by atoms with E-state index in [1.165, 1.54) is 5.69 Å². The number of thiazole rings is 1. The minimum Gasteiger partial charge on any atom is -0.370 e. The molecule has 0 atom stereocenters. The zero-order chi connectivity index (χ0) is 16.8. The number of guanidine groups is 1. The van der Waals surface area contributed by atoms with Crippen LogP contribution in [0.3, 0.4) is 0 Å². The van der Waals surface area contributed by atoms with Gasteiger partial charge in [0.05, 0.1) is 10.7 Å². The van der Waals surface area contributed by atoms with E-state index in [1.807, 2.05) is 18.2 Å². The van der Waals surface area contributed by atoms with Crippen LogP contribution in [0.15, 0.2) is 34.8 Å². The quantitative estimate of drug-likeness (QED) is 0.643. The molecule has 0 aliphatic carbocycles. The molecule has 0 spiro atoms. The Morgan fingerprint density at radius 3 is 2.92 bits per heavy atom. The molecule has 2 aromatic heterocycles. The van der Waals surface area contributed by atoms with Crippen LogP contribution in [0.2, 0.25) is 0 Å². The van der Waals surface area contributed by atoms with Gasteiger partial charge in [0.2, 0.25) is 0 Å². The van der Waals surface area contributed by atoms with Gasteiger partial charge in [0.15, 0.2) is 5.96 Å². The summed E-state index contributed by atoms with van der Waals surface area (Å²) in [4.78, 5) is 15.7. The van der Waals surface area contributed by atoms with E-state index in [1.54, 1.807) is 17.5 Å². The molecule has 2 aromatic rings. The maximum absolute atomic E-state index is 5.94. The Labute approximate surface area is 146 Å². The summed E-state index contributed by atoms with van der Waals surface area (Å²) in [5.41, 5.74) is 7.13. The van der Waals surface area contributed by atoms with Gasteiger partial charge in [-0.2, -0.15) is 0 Å². The van der Waals surface area contributed by atoms with E-state index in [4.69, 9.17) is 5.73 Å². The van der Waals surface area contributed by atoms with Crippen LogP contribution in [0.25, 0.3) is 0 Å². The van der Waals surface area contributed by atoms with E-state index < -0.39 is 0 Å². The van der Waals surface area contributed by atoms with Crippen LogP contribution in [0, 0.1) is 12.8 Å². The monoisotopic (exact) mass is 344 g/mol. The first-order chi connectivity index (χ1) is 11.7. The number of piperidine rings is 1. The Bertz CT molecular complexity index is 661. The number of hydrogen-bond donors (Lipinski definition) is 2. The maximum atomic E-state index is 5.94. The number of aliphatic imine (C=N–C) groups is 1. The molecule has 6 nitrogen and oxygen atoms in total. The van der Waals surface area contributed by atoms with Gasteiger partial charge in [-0.05, 0) is 50.9 Å². The van der Waals surface area contributed by atoms with Crippen LogP contribution in [0.4, 0.5) is 5.82 Å². The number of aromatic nitrogens is 2. The lowest BCUT2D eigenvalue weighted by atomic mass is 9.97. The van der Waals surface area contributed by atoms with Gasteiger partial charge in [0, 0.05) is 24.7 Å². The third-order valence-electron chi connectivity index (χ3n) is 4.20. The van der Waals surface area contributed by atoms with E-state index in [-0.39, 0.29) is 0 Å². The molecule has 24 heavy (non-hydrogen) atoms. The van der Waals surface area contributed by atoms with Gasteiger partial charge < -0.3 is 11.1 Å². The molecule has 1 fully saturated rings. The minimum absolute atomic E-state index is 0.439. The van der Waals surface area contributed by atoms with Crippen molar-refractivity contribution in [2.24, 2.45) is 16.6 Å². The molecule has 1 saturated heterocycles. The number of likely N-dealkylation sites (tertiary alicyclic amines) is 1. The summed E-state index contributed by atoms with van der Waals surface area (Å²) in [5.74, 6) is 1.77. The zero-order valence-corrected chi connectivity index (χ0v) is 14.8. The second kappa shape index (κ2) is 8.21. The van der Waals surface area contributed by atoms with E-state index in [0.717, 1.165) is 49.8 Å². The van der Waals surface area contributed by atoms with Crippen molar-refractivity contribution in [3.8, 4) is 0 Å². The fourth-order valence-electron chi connectivity index (χ4n) is 2.87. The fourth-order valence-corrected chi connectivity index (χ4v) is 3.48. The van der Waals surface area contributed by atoms with Crippen molar-refractivity contribution in [1.29, 1.82) is 0 Å². The van der Waals surface area contributed by atoms with Gasteiger partial charge in [0.25, 0.3) is 0 Å². The van der Waals surface area contributed by atoms with E-state index in [9.17, 15) is 0 Å². The van der Waals surface area contributed by atoms with Gasteiger partial charge in [-0.1, -0.05) is 6.07 Å². The Morgan fingerprint density at radius 1 is 1.42 bits per heavy atom. The van der Waals surface area contributed by atoms with Crippen LogP contribution in [-0.4, -0.2) is 40.5 Å². The van der Waals surface area contributed by atoms with Gasteiger partial charge in [-0.15, -0.1) is 11.3 Å². The molecular weight excluding hydrogens is 320 g/mol. The normalized spacial score (nSPS) is 17.1. The van der Waals surface area contributed by atoms with E-state index >= 15 is 0 Å². The summed E-state index contributed by atoms with van der Waals surface area (Å²) < 4.78 is 0. The van der Waals surface area contributed by atoms with Crippen LogP contribution < -0.4 is 11.1 Å². The molecule has 3 rings (SSSR count). The molecule has 3 N–H and O–H groups in total. The Morgan fingerprint density at radius 2 is 2.25 bits per heavy atom.